The molecule has 1 aromatic carbocycles. The molecule has 3 fully saturated rings. The van der Waals surface area contributed by atoms with Crippen molar-refractivity contribution in [3.05, 3.63) is 29.8 Å². The first-order valence-corrected chi connectivity index (χ1v) is 10.1. The predicted molar refractivity (Wildman–Crippen MR) is 101 cm³/mol. The van der Waals surface area contributed by atoms with E-state index in [2.05, 4.69) is 5.32 Å². The Hall–Kier alpha value is -2.08. The van der Waals surface area contributed by atoms with Crippen LogP contribution in [0, 0.1) is 5.92 Å². The highest BCUT2D eigenvalue weighted by Crippen LogP contribution is 2.25. The quantitative estimate of drug-likeness (QED) is 0.833. The van der Waals surface area contributed by atoms with Gasteiger partial charge in [-0.3, -0.25) is 9.59 Å². The number of nitrogens with zero attached hydrogens (tertiary/aromatic N) is 1. The van der Waals surface area contributed by atoms with Gasteiger partial charge in [-0.2, -0.15) is 0 Å². The summed E-state index contributed by atoms with van der Waals surface area (Å²) in [6, 6.07) is 7.76. The third-order valence-electron chi connectivity index (χ3n) is 5.65. The van der Waals surface area contributed by atoms with E-state index in [1.54, 1.807) is 0 Å². The normalized spacial score (nSPS) is 23.3. The fraction of sp³-hybridized carbons (Fsp3) is 0.619. The number of carbonyl (C=O) groups excluding carboxylic acids is 2. The number of nitrogens with one attached hydrogen (secondary N) is 1. The molecule has 2 aliphatic heterocycles. The number of likely N-dealkylation sites (tertiary alicyclic amines) is 1. The van der Waals surface area contributed by atoms with E-state index in [0.717, 1.165) is 51.6 Å². The number of hydrogen-bond donors (Lipinski definition) is 1. The molecule has 146 valence electrons. The largest absolute Gasteiger partial charge is 0.492 e. The van der Waals surface area contributed by atoms with Crippen molar-refractivity contribution in [2.24, 2.45) is 5.92 Å². The Balaban J connectivity index is 1.26. The van der Waals surface area contributed by atoms with Gasteiger partial charge in [0, 0.05) is 25.7 Å². The second kappa shape index (κ2) is 8.30. The third-order valence-corrected chi connectivity index (χ3v) is 5.65. The summed E-state index contributed by atoms with van der Waals surface area (Å²) in [4.78, 5) is 26.7. The molecule has 0 aromatic heterocycles. The van der Waals surface area contributed by atoms with E-state index in [4.69, 9.17) is 9.47 Å². The molecule has 1 N–H and O–H groups in total. The minimum absolute atomic E-state index is 0.0509. The molecule has 6 heteroatoms. The number of ether oxygens (including phenoxy) is 2. The number of benzene rings is 1. The van der Waals surface area contributed by atoms with Crippen molar-refractivity contribution in [1.82, 2.24) is 10.2 Å². The van der Waals surface area contributed by atoms with E-state index in [0.29, 0.717) is 36.5 Å². The van der Waals surface area contributed by atoms with Crippen molar-refractivity contribution in [2.45, 2.75) is 50.7 Å². The summed E-state index contributed by atoms with van der Waals surface area (Å²) in [6.45, 7) is 2.80. The smallest absolute Gasteiger partial charge is 0.255 e. The van der Waals surface area contributed by atoms with Crippen LogP contribution in [0.3, 0.4) is 0 Å². The number of rotatable bonds is 6. The monoisotopic (exact) mass is 372 g/mol. The van der Waals surface area contributed by atoms with Gasteiger partial charge in [0.15, 0.2) is 0 Å². The van der Waals surface area contributed by atoms with E-state index in [-0.39, 0.29) is 17.9 Å². The van der Waals surface area contributed by atoms with Crippen LogP contribution < -0.4 is 10.1 Å². The van der Waals surface area contributed by atoms with Gasteiger partial charge in [0.25, 0.3) is 11.8 Å². The van der Waals surface area contributed by atoms with Gasteiger partial charge < -0.3 is 19.7 Å². The Morgan fingerprint density at radius 1 is 1.11 bits per heavy atom. The highest BCUT2D eigenvalue weighted by atomic mass is 16.5. The van der Waals surface area contributed by atoms with Gasteiger partial charge in [-0.1, -0.05) is 12.1 Å². The fourth-order valence-corrected chi connectivity index (χ4v) is 3.77. The average molecular weight is 372 g/mol. The first-order valence-electron chi connectivity index (χ1n) is 10.1. The van der Waals surface area contributed by atoms with E-state index in [9.17, 15) is 9.59 Å². The summed E-state index contributed by atoms with van der Waals surface area (Å²) >= 11 is 0. The lowest BCUT2D eigenvalue weighted by atomic mass is 9.97. The number of piperidine rings is 1. The maximum absolute atomic E-state index is 12.4. The molecule has 0 spiro atoms. The molecule has 2 heterocycles. The lowest BCUT2D eigenvalue weighted by Crippen LogP contribution is -2.44. The van der Waals surface area contributed by atoms with Crippen molar-refractivity contribution in [3.8, 4) is 5.75 Å². The predicted octanol–water partition coefficient (Wildman–Crippen LogP) is 2.38. The van der Waals surface area contributed by atoms with E-state index in [1.165, 1.54) is 0 Å². The molecule has 1 saturated carbocycles. The molecular formula is C21H28N2O4. The zero-order chi connectivity index (χ0) is 18.6. The summed E-state index contributed by atoms with van der Waals surface area (Å²) in [5, 5.41) is 3.02. The molecule has 1 aliphatic carbocycles. The molecule has 6 nitrogen and oxygen atoms in total. The van der Waals surface area contributed by atoms with E-state index in [1.807, 2.05) is 29.2 Å². The van der Waals surface area contributed by atoms with Gasteiger partial charge in [0.05, 0.1) is 12.2 Å². The van der Waals surface area contributed by atoms with Crippen molar-refractivity contribution in [3.63, 3.8) is 0 Å². The summed E-state index contributed by atoms with van der Waals surface area (Å²) in [7, 11) is 0. The third kappa shape index (κ3) is 4.61. The minimum atomic E-state index is -0.227. The molecule has 27 heavy (non-hydrogen) atoms. The van der Waals surface area contributed by atoms with Gasteiger partial charge in [0.1, 0.15) is 11.9 Å². The summed E-state index contributed by atoms with van der Waals surface area (Å²) in [6.07, 6.45) is 5.59. The second-order valence-electron chi connectivity index (χ2n) is 7.83. The van der Waals surface area contributed by atoms with Gasteiger partial charge in [-0.15, -0.1) is 0 Å². The van der Waals surface area contributed by atoms with Gasteiger partial charge in [0.2, 0.25) is 0 Å². The van der Waals surface area contributed by atoms with Crippen LogP contribution in [0.4, 0.5) is 0 Å². The Morgan fingerprint density at radius 2 is 1.89 bits per heavy atom. The topological polar surface area (TPSA) is 67.9 Å². The number of amides is 2. The SMILES string of the molecule is O=C(NC1CC1)c1ccccc1OCC1CCN(C(=O)[C@H]2CCCO2)CC1. The average Bonchev–Trinajstić information content (AvgIpc) is 3.34. The molecule has 1 atom stereocenters. The zero-order valence-electron chi connectivity index (χ0n) is 15.7. The lowest BCUT2D eigenvalue weighted by molar-refractivity contribution is -0.142. The molecule has 0 bridgehead atoms. The van der Waals surface area contributed by atoms with Gasteiger partial charge in [-0.25, -0.2) is 0 Å². The van der Waals surface area contributed by atoms with Crippen LogP contribution >= 0.6 is 0 Å². The number of para-hydroxylation sites is 1. The highest BCUT2D eigenvalue weighted by Gasteiger charge is 2.31. The molecular weight excluding hydrogens is 344 g/mol. The number of carbonyl (C=O) groups is 2. The molecule has 2 amide bonds. The van der Waals surface area contributed by atoms with Crippen molar-refractivity contribution in [2.75, 3.05) is 26.3 Å². The van der Waals surface area contributed by atoms with Crippen LogP contribution in [-0.4, -0.2) is 55.2 Å². The Labute approximate surface area is 160 Å². The Morgan fingerprint density at radius 3 is 2.59 bits per heavy atom. The molecule has 0 unspecified atom stereocenters. The van der Waals surface area contributed by atoms with Crippen LogP contribution in [0.25, 0.3) is 0 Å². The van der Waals surface area contributed by atoms with E-state index >= 15 is 0 Å². The van der Waals surface area contributed by atoms with Crippen LogP contribution in [0.5, 0.6) is 5.75 Å². The molecule has 2 saturated heterocycles. The first-order chi connectivity index (χ1) is 13.2. The van der Waals surface area contributed by atoms with Gasteiger partial charge in [-0.05, 0) is 56.6 Å². The second-order valence-corrected chi connectivity index (χ2v) is 7.83. The Kier molecular flexibility index (Phi) is 5.62. The minimum Gasteiger partial charge on any atom is -0.492 e. The van der Waals surface area contributed by atoms with Crippen LogP contribution in [0.1, 0.15) is 48.9 Å². The number of hydrogen-bond acceptors (Lipinski definition) is 4. The summed E-state index contributed by atoms with van der Waals surface area (Å²) < 4.78 is 11.5. The Bertz CT molecular complexity index is 675. The standard InChI is InChI=1S/C21H28N2O4/c24-20(22-16-7-8-16)17-4-1-2-5-18(17)27-14-15-9-11-23(12-10-15)21(25)19-6-3-13-26-19/h1-2,4-5,15-16,19H,3,6-14H2,(H,22,24)/t19-/m1/s1. The fourth-order valence-electron chi connectivity index (χ4n) is 3.77. The molecule has 4 rings (SSSR count). The van der Waals surface area contributed by atoms with Crippen molar-refractivity contribution in [1.29, 1.82) is 0 Å². The molecule has 3 aliphatic rings. The maximum atomic E-state index is 12.4. The summed E-state index contributed by atoms with van der Waals surface area (Å²) in [5.74, 6) is 1.14. The maximum Gasteiger partial charge on any atom is 0.255 e. The van der Waals surface area contributed by atoms with Crippen LogP contribution in [0.2, 0.25) is 0 Å². The van der Waals surface area contributed by atoms with Crippen LogP contribution in [0.15, 0.2) is 24.3 Å². The summed E-state index contributed by atoms with van der Waals surface area (Å²) in [5.41, 5.74) is 0.607. The van der Waals surface area contributed by atoms with Crippen LogP contribution in [-0.2, 0) is 9.53 Å². The van der Waals surface area contributed by atoms with Crippen molar-refractivity contribution < 1.29 is 19.1 Å². The molecule has 1 aromatic rings. The zero-order valence-corrected chi connectivity index (χ0v) is 15.7. The highest BCUT2D eigenvalue weighted by molar-refractivity contribution is 5.97. The van der Waals surface area contributed by atoms with Gasteiger partial charge >= 0.3 is 0 Å². The van der Waals surface area contributed by atoms with E-state index < -0.39 is 0 Å². The molecule has 0 radical (unpaired) electrons. The lowest BCUT2D eigenvalue weighted by Gasteiger charge is -2.33. The van der Waals surface area contributed by atoms with Crippen molar-refractivity contribution >= 4 is 11.8 Å². The first kappa shape index (κ1) is 18.3.